The van der Waals surface area contributed by atoms with Crippen LogP contribution in [0.4, 0.5) is 0 Å². The van der Waals surface area contributed by atoms with Crippen LogP contribution in [0.15, 0.2) is 18.2 Å². The largest absolute Gasteiger partial charge is 0.508 e. The molecule has 1 heterocycles. The average Bonchev–Trinajstić information content (AvgIpc) is 2.59. The Morgan fingerprint density at radius 3 is 2.87 bits per heavy atom. The molecular weight excluding hydrogens is 190 g/mol. The van der Waals surface area contributed by atoms with Crippen molar-refractivity contribution in [2.45, 2.75) is 26.3 Å². The van der Waals surface area contributed by atoms with Gasteiger partial charge in [-0.1, -0.05) is 12.1 Å². The number of amides is 1. The van der Waals surface area contributed by atoms with Crippen LogP contribution in [0, 0.1) is 6.92 Å². The van der Waals surface area contributed by atoms with Gasteiger partial charge in [-0.05, 0) is 30.5 Å². The van der Waals surface area contributed by atoms with Gasteiger partial charge in [-0.3, -0.25) is 4.79 Å². The van der Waals surface area contributed by atoms with Crippen LogP contribution < -0.4 is 0 Å². The maximum absolute atomic E-state index is 11.4. The highest BCUT2D eigenvalue weighted by atomic mass is 16.3. The van der Waals surface area contributed by atoms with Crippen LogP contribution in [0.5, 0.6) is 5.75 Å². The third-order valence-corrected chi connectivity index (χ3v) is 2.82. The van der Waals surface area contributed by atoms with Crippen LogP contribution >= 0.6 is 0 Å². The van der Waals surface area contributed by atoms with E-state index in [9.17, 15) is 9.90 Å². The first kappa shape index (κ1) is 10.0. The number of aromatic hydroxyl groups is 1. The van der Waals surface area contributed by atoms with E-state index >= 15 is 0 Å². The molecule has 0 aromatic heterocycles. The Labute approximate surface area is 89.3 Å². The Morgan fingerprint density at radius 2 is 2.27 bits per heavy atom. The molecule has 0 atom stereocenters. The van der Waals surface area contributed by atoms with Crippen molar-refractivity contribution in [3.05, 3.63) is 29.3 Å². The molecule has 0 unspecified atom stereocenters. The number of carbonyl (C=O) groups is 1. The van der Waals surface area contributed by atoms with Gasteiger partial charge >= 0.3 is 0 Å². The molecular formula is C12H15NO2. The van der Waals surface area contributed by atoms with Crippen molar-refractivity contribution in [3.63, 3.8) is 0 Å². The summed E-state index contributed by atoms with van der Waals surface area (Å²) in [6.07, 6.45) is 1.62. The summed E-state index contributed by atoms with van der Waals surface area (Å²) in [6, 6.07) is 5.58. The molecule has 2 rings (SSSR count). The van der Waals surface area contributed by atoms with Gasteiger partial charge < -0.3 is 10.0 Å². The predicted molar refractivity (Wildman–Crippen MR) is 57.5 cm³/mol. The molecule has 0 aliphatic carbocycles. The Balaban J connectivity index is 2.10. The molecule has 1 aliphatic heterocycles. The summed E-state index contributed by atoms with van der Waals surface area (Å²) in [6.45, 7) is 3.32. The summed E-state index contributed by atoms with van der Waals surface area (Å²) in [5.74, 6) is 0.522. The lowest BCUT2D eigenvalue weighted by atomic mass is 10.1. The first-order valence-corrected chi connectivity index (χ1v) is 5.23. The van der Waals surface area contributed by atoms with Crippen LogP contribution in [-0.4, -0.2) is 22.5 Å². The number of likely N-dealkylation sites (tertiary alicyclic amines) is 1. The number of carbonyl (C=O) groups excluding carboxylic acids is 1. The minimum atomic E-state index is 0.218. The van der Waals surface area contributed by atoms with Crippen LogP contribution in [0.2, 0.25) is 0 Å². The highest BCUT2D eigenvalue weighted by molar-refractivity contribution is 5.78. The smallest absolute Gasteiger partial charge is 0.222 e. The monoisotopic (exact) mass is 205 g/mol. The highest BCUT2D eigenvalue weighted by Gasteiger charge is 2.19. The van der Waals surface area contributed by atoms with Crippen LogP contribution in [0.25, 0.3) is 0 Å². The van der Waals surface area contributed by atoms with Crippen molar-refractivity contribution in [2.75, 3.05) is 6.54 Å². The lowest BCUT2D eigenvalue weighted by Gasteiger charge is -2.15. The number of phenolic OH excluding ortho intramolecular Hbond substituents is 1. The van der Waals surface area contributed by atoms with Crippen molar-refractivity contribution in [2.24, 2.45) is 0 Å². The number of phenols is 1. The van der Waals surface area contributed by atoms with E-state index in [1.54, 1.807) is 6.07 Å². The summed E-state index contributed by atoms with van der Waals surface area (Å²) in [4.78, 5) is 13.2. The van der Waals surface area contributed by atoms with E-state index in [4.69, 9.17) is 0 Å². The summed E-state index contributed by atoms with van der Waals surface area (Å²) in [7, 11) is 0. The summed E-state index contributed by atoms with van der Waals surface area (Å²) < 4.78 is 0. The number of nitrogens with zero attached hydrogens (tertiary/aromatic N) is 1. The van der Waals surface area contributed by atoms with E-state index in [1.165, 1.54) is 0 Å². The Morgan fingerprint density at radius 1 is 1.47 bits per heavy atom. The molecule has 1 saturated heterocycles. The van der Waals surface area contributed by atoms with Crippen LogP contribution in [0.3, 0.4) is 0 Å². The van der Waals surface area contributed by atoms with E-state index in [0.717, 1.165) is 24.1 Å². The molecule has 1 fully saturated rings. The second-order valence-electron chi connectivity index (χ2n) is 4.04. The summed E-state index contributed by atoms with van der Waals surface area (Å²) in [5.41, 5.74) is 1.86. The molecule has 0 spiro atoms. The number of benzene rings is 1. The van der Waals surface area contributed by atoms with E-state index in [2.05, 4.69) is 0 Å². The molecule has 0 saturated carbocycles. The lowest BCUT2D eigenvalue weighted by molar-refractivity contribution is -0.128. The maximum Gasteiger partial charge on any atom is 0.222 e. The number of aryl methyl sites for hydroxylation is 1. The first-order valence-electron chi connectivity index (χ1n) is 5.23. The number of rotatable bonds is 2. The van der Waals surface area contributed by atoms with Gasteiger partial charge in [-0.25, -0.2) is 0 Å². The second kappa shape index (κ2) is 3.93. The SMILES string of the molecule is Cc1ccc(CN2CCCC2=O)cc1O. The van der Waals surface area contributed by atoms with Crippen molar-refractivity contribution < 1.29 is 9.90 Å². The third kappa shape index (κ3) is 2.12. The van der Waals surface area contributed by atoms with Gasteiger partial charge in [0.15, 0.2) is 0 Å². The number of hydrogen-bond donors (Lipinski definition) is 1. The van der Waals surface area contributed by atoms with Gasteiger partial charge in [0, 0.05) is 19.5 Å². The molecule has 15 heavy (non-hydrogen) atoms. The molecule has 1 amide bonds. The zero-order chi connectivity index (χ0) is 10.8. The minimum Gasteiger partial charge on any atom is -0.508 e. The normalized spacial score (nSPS) is 16.1. The molecule has 1 aliphatic rings. The van der Waals surface area contributed by atoms with Gasteiger partial charge in [0.05, 0.1) is 0 Å². The van der Waals surface area contributed by atoms with Gasteiger partial charge in [0.1, 0.15) is 5.75 Å². The quantitative estimate of drug-likeness (QED) is 0.800. The fourth-order valence-electron chi connectivity index (χ4n) is 1.84. The summed E-state index contributed by atoms with van der Waals surface area (Å²) in [5, 5.41) is 9.54. The molecule has 3 heteroatoms. The van der Waals surface area contributed by atoms with Gasteiger partial charge in [0.25, 0.3) is 0 Å². The first-order chi connectivity index (χ1) is 7.16. The van der Waals surface area contributed by atoms with Crippen molar-refractivity contribution >= 4 is 5.91 Å². The van der Waals surface area contributed by atoms with Crippen molar-refractivity contribution in [3.8, 4) is 5.75 Å². The Bertz CT molecular complexity index is 387. The fraction of sp³-hybridized carbons (Fsp3) is 0.417. The molecule has 1 aromatic rings. The second-order valence-corrected chi connectivity index (χ2v) is 4.04. The topological polar surface area (TPSA) is 40.5 Å². The molecule has 80 valence electrons. The van der Waals surface area contributed by atoms with Crippen molar-refractivity contribution in [1.29, 1.82) is 0 Å². The molecule has 1 N–H and O–H groups in total. The van der Waals surface area contributed by atoms with E-state index < -0.39 is 0 Å². The fourth-order valence-corrected chi connectivity index (χ4v) is 1.84. The third-order valence-electron chi connectivity index (χ3n) is 2.82. The van der Waals surface area contributed by atoms with Crippen LogP contribution in [0.1, 0.15) is 24.0 Å². The Hall–Kier alpha value is -1.51. The zero-order valence-corrected chi connectivity index (χ0v) is 8.86. The van der Waals surface area contributed by atoms with Crippen LogP contribution in [-0.2, 0) is 11.3 Å². The average molecular weight is 205 g/mol. The maximum atomic E-state index is 11.4. The highest BCUT2D eigenvalue weighted by Crippen LogP contribution is 2.20. The minimum absolute atomic E-state index is 0.218. The Kier molecular flexibility index (Phi) is 2.62. The van der Waals surface area contributed by atoms with Gasteiger partial charge in [0.2, 0.25) is 5.91 Å². The molecule has 3 nitrogen and oxygen atoms in total. The van der Waals surface area contributed by atoms with E-state index in [1.807, 2.05) is 24.0 Å². The standard InChI is InChI=1S/C12H15NO2/c1-9-4-5-10(7-11(9)14)8-13-6-2-3-12(13)15/h4-5,7,14H,2-3,6,8H2,1H3. The molecule has 1 aromatic carbocycles. The summed E-state index contributed by atoms with van der Waals surface area (Å²) >= 11 is 0. The lowest BCUT2D eigenvalue weighted by Crippen LogP contribution is -2.23. The van der Waals surface area contributed by atoms with E-state index in [0.29, 0.717) is 18.7 Å². The van der Waals surface area contributed by atoms with Gasteiger partial charge in [-0.2, -0.15) is 0 Å². The predicted octanol–water partition coefficient (Wildman–Crippen LogP) is 1.82. The zero-order valence-electron chi connectivity index (χ0n) is 8.86. The molecule has 0 radical (unpaired) electrons. The van der Waals surface area contributed by atoms with Crippen molar-refractivity contribution in [1.82, 2.24) is 4.90 Å². The molecule has 0 bridgehead atoms. The number of hydrogen-bond acceptors (Lipinski definition) is 2. The van der Waals surface area contributed by atoms with E-state index in [-0.39, 0.29) is 5.91 Å². The van der Waals surface area contributed by atoms with Gasteiger partial charge in [-0.15, -0.1) is 0 Å².